The second-order valence-electron chi connectivity index (χ2n) is 7.73. The summed E-state index contributed by atoms with van der Waals surface area (Å²) < 4.78 is 24.3. The van der Waals surface area contributed by atoms with Crippen LogP contribution < -0.4 is 14.4 Å². The van der Waals surface area contributed by atoms with Gasteiger partial charge in [0.05, 0.1) is 30.9 Å². The molecular formula is C26H21ClFNO5. The highest BCUT2D eigenvalue weighted by molar-refractivity contribution is 6.51. The van der Waals surface area contributed by atoms with Crippen LogP contribution in [0.25, 0.3) is 5.76 Å². The summed E-state index contributed by atoms with van der Waals surface area (Å²) in [4.78, 5) is 27.6. The van der Waals surface area contributed by atoms with Crippen molar-refractivity contribution in [1.82, 2.24) is 0 Å². The van der Waals surface area contributed by atoms with Crippen LogP contribution >= 0.6 is 11.6 Å². The van der Waals surface area contributed by atoms with Gasteiger partial charge in [-0.3, -0.25) is 14.5 Å². The predicted octanol–water partition coefficient (Wildman–Crippen LogP) is 5.43. The van der Waals surface area contributed by atoms with E-state index in [1.54, 1.807) is 49.4 Å². The number of aliphatic hydroxyl groups excluding tert-OH is 1. The van der Waals surface area contributed by atoms with Crippen molar-refractivity contribution in [3.63, 3.8) is 0 Å². The van der Waals surface area contributed by atoms with Crippen molar-refractivity contribution in [2.24, 2.45) is 0 Å². The minimum atomic E-state index is -0.977. The molecule has 3 aromatic rings. The molecule has 0 radical (unpaired) electrons. The van der Waals surface area contributed by atoms with Crippen molar-refractivity contribution in [3.8, 4) is 11.5 Å². The first kappa shape index (κ1) is 23.3. The molecule has 1 saturated heterocycles. The number of hydrogen-bond acceptors (Lipinski definition) is 5. The Balaban J connectivity index is 1.94. The molecule has 34 heavy (non-hydrogen) atoms. The molecule has 0 bridgehead atoms. The van der Waals surface area contributed by atoms with Crippen molar-refractivity contribution < 1.29 is 28.6 Å². The number of hydrogen-bond donors (Lipinski definition) is 1. The number of carbonyl (C=O) groups excluding carboxylic acids is 2. The van der Waals surface area contributed by atoms with E-state index in [2.05, 4.69) is 0 Å². The number of ketones is 1. The molecule has 174 valence electrons. The summed E-state index contributed by atoms with van der Waals surface area (Å²) in [6, 6.07) is 14.5. The smallest absolute Gasteiger partial charge is 0.300 e. The van der Waals surface area contributed by atoms with E-state index in [9.17, 15) is 19.1 Å². The molecular weight excluding hydrogens is 461 g/mol. The minimum Gasteiger partial charge on any atom is -0.507 e. The van der Waals surface area contributed by atoms with Gasteiger partial charge in [-0.2, -0.15) is 0 Å². The lowest BCUT2D eigenvalue weighted by Crippen LogP contribution is -2.29. The van der Waals surface area contributed by atoms with Crippen LogP contribution in [-0.2, 0) is 9.59 Å². The molecule has 3 aromatic carbocycles. The molecule has 1 unspecified atom stereocenters. The number of rotatable bonds is 5. The molecule has 0 saturated carbocycles. The van der Waals surface area contributed by atoms with Gasteiger partial charge < -0.3 is 14.6 Å². The van der Waals surface area contributed by atoms with Gasteiger partial charge in [0, 0.05) is 11.3 Å². The summed E-state index contributed by atoms with van der Waals surface area (Å²) in [5, 5.41) is 11.0. The van der Waals surface area contributed by atoms with Crippen LogP contribution in [0.2, 0.25) is 5.02 Å². The second-order valence-corrected chi connectivity index (χ2v) is 8.13. The Morgan fingerprint density at radius 1 is 1.00 bits per heavy atom. The number of carbonyl (C=O) groups is 2. The third kappa shape index (κ3) is 3.99. The number of ether oxygens (including phenoxy) is 2. The number of methoxy groups -OCH3 is 2. The fourth-order valence-corrected chi connectivity index (χ4v) is 4.19. The van der Waals surface area contributed by atoms with Crippen LogP contribution in [-0.4, -0.2) is 31.0 Å². The standard InChI is InChI=1S/C26H21ClFNO5/c1-14-12-16(6-11-21(14)34-3)24(30)22-23(15-4-8-18(33-2)9-5-15)29(26(32)25(22)31)17-7-10-20(28)19(27)13-17/h4-13,23,30H,1-3H3/b24-22+. The first-order chi connectivity index (χ1) is 16.3. The Bertz CT molecular complexity index is 1320. The van der Waals surface area contributed by atoms with Crippen molar-refractivity contribution in [3.05, 3.63) is 93.8 Å². The molecule has 1 atom stereocenters. The predicted molar refractivity (Wildman–Crippen MR) is 127 cm³/mol. The molecule has 1 heterocycles. The van der Waals surface area contributed by atoms with Crippen LogP contribution in [0.15, 0.2) is 66.2 Å². The van der Waals surface area contributed by atoms with Gasteiger partial charge >= 0.3 is 0 Å². The van der Waals surface area contributed by atoms with E-state index in [-0.39, 0.29) is 22.0 Å². The molecule has 8 heteroatoms. The zero-order valence-corrected chi connectivity index (χ0v) is 19.4. The van der Waals surface area contributed by atoms with Gasteiger partial charge in [-0.25, -0.2) is 4.39 Å². The Kier molecular flexibility index (Phi) is 6.30. The molecule has 6 nitrogen and oxygen atoms in total. The summed E-state index contributed by atoms with van der Waals surface area (Å²) in [5.74, 6) is -1.53. The molecule has 0 aromatic heterocycles. The maximum absolute atomic E-state index is 13.8. The van der Waals surface area contributed by atoms with Gasteiger partial charge in [0.2, 0.25) is 0 Å². The van der Waals surface area contributed by atoms with Crippen molar-refractivity contribution in [2.45, 2.75) is 13.0 Å². The van der Waals surface area contributed by atoms with Crippen LogP contribution in [0, 0.1) is 12.7 Å². The topological polar surface area (TPSA) is 76.1 Å². The van der Waals surface area contributed by atoms with Gasteiger partial charge in [0.1, 0.15) is 23.1 Å². The van der Waals surface area contributed by atoms with Gasteiger partial charge in [-0.05, 0) is 66.6 Å². The van der Waals surface area contributed by atoms with E-state index >= 15 is 0 Å². The number of halogens is 2. The first-order valence-electron chi connectivity index (χ1n) is 10.3. The summed E-state index contributed by atoms with van der Waals surface area (Å²) in [7, 11) is 3.05. The summed E-state index contributed by atoms with van der Waals surface area (Å²) >= 11 is 5.96. The third-order valence-corrected chi connectivity index (χ3v) is 6.02. The van der Waals surface area contributed by atoms with Crippen molar-refractivity contribution in [1.29, 1.82) is 0 Å². The minimum absolute atomic E-state index is 0.0971. The van der Waals surface area contributed by atoms with Gasteiger partial charge in [-0.15, -0.1) is 0 Å². The molecule has 1 aliphatic rings. The number of aliphatic hydroxyl groups is 1. The molecule has 1 fully saturated rings. The van der Waals surface area contributed by atoms with Crippen LogP contribution in [0.4, 0.5) is 10.1 Å². The van der Waals surface area contributed by atoms with E-state index in [0.29, 0.717) is 22.6 Å². The molecule has 1 amide bonds. The highest BCUT2D eigenvalue weighted by atomic mass is 35.5. The Hall–Kier alpha value is -3.84. The normalized spacial score (nSPS) is 17.2. The molecule has 1 aliphatic heterocycles. The average molecular weight is 482 g/mol. The SMILES string of the molecule is COc1ccc(C2/C(=C(\O)c3ccc(OC)c(C)c3)C(=O)C(=O)N2c2ccc(F)c(Cl)c2)cc1. The van der Waals surface area contributed by atoms with E-state index in [0.717, 1.165) is 11.6 Å². The zero-order valence-electron chi connectivity index (χ0n) is 18.6. The molecule has 4 rings (SSSR count). The number of nitrogens with zero attached hydrogens (tertiary/aromatic N) is 1. The number of Topliss-reactive ketones (excluding diaryl/α,β-unsaturated/α-hetero) is 1. The zero-order chi connectivity index (χ0) is 24.6. The Morgan fingerprint density at radius 3 is 2.29 bits per heavy atom. The summed E-state index contributed by atoms with van der Waals surface area (Å²) in [5.41, 5.74) is 1.77. The monoisotopic (exact) mass is 481 g/mol. The molecule has 0 spiro atoms. The Labute approximate surface area is 200 Å². The lowest BCUT2D eigenvalue weighted by atomic mass is 9.94. The maximum atomic E-state index is 13.8. The second kappa shape index (κ2) is 9.19. The third-order valence-electron chi connectivity index (χ3n) is 5.73. The van der Waals surface area contributed by atoms with Gasteiger partial charge in [0.15, 0.2) is 0 Å². The lowest BCUT2D eigenvalue weighted by Gasteiger charge is -2.26. The summed E-state index contributed by atoms with van der Waals surface area (Å²) in [6.45, 7) is 1.80. The van der Waals surface area contributed by atoms with Crippen molar-refractivity contribution >= 4 is 34.7 Å². The molecule has 0 aliphatic carbocycles. The quantitative estimate of drug-likeness (QED) is 0.299. The number of amides is 1. The van der Waals surface area contributed by atoms with E-state index in [1.165, 1.54) is 31.3 Å². The first-order valence-corrected chi connectivity index (χ1v) is 10.7. The Morgan fingerprint density at radius 2 is 1.71 bits per heavy atom. The number of benzene rings is 3. The van der Waals surface area contributed by atoms with E-state index in [4.69, 9.17) is 21.1 Å². The van der Waals surface area contributed by atoms with Crippen LogP contribution in [0.5, 0.6) is 11.5 Å². The van der Waals surface area contributed by atoms with Crippen LogP contribution in [0.3, 0.4) is 0 Å². The fraction of sp³-hybridized carbons (Fsp3) is 0.154. The van der Waals surface area contributed by atoms with Crippen molar-refractivity contribution in [2.75, 3.05) is 19.1 Å². The average Bonchev–Trinajstić information content (AvgIpc) is 3.10. The highest BCUT2D eigenvalue weighted by Crippen LogP contribution is 2.43. The van der Waals surface area contributed by atoms with Gasteiger partial charge in [-0.1, -0.05) is 23.7 Å². The van der Waals surface area contributed by atoms with E-state index < -0.39 is 23.5 Å². The van der Waals surface area contributed by atoms with Gasteiger partial charge in [0.25, 0.3) is 11.7 Å². The largest absolute Gasteiger partial charge is 0.507 e. The van der Waals surface area contributed by atoms with E-state index in [1.807, 2.05) is 0 Å². The molecule has 1 N–H and O–H groups in total. The fourth-order valence-electron chi connectivity index (χ4n) is 4.02. The lowest BCUT2D eigenvalue weighted by molar-refractivity contribution is -0.132. The van der Waals surface area contributed by atoms with Crippen LogP contribution in [0.1, 0.15) is 22.7 Å². The summed E-state index contributed by atoms with van der Waals surface area (Å²) in [6.07, 6.45) is 0. The number of anilines is 1. The number of aryl methyl sites for hydroxylation is 1. The maximum Gasteiger partial charge on any atom is 0.300 e. The highest BCUT2D eigenvalue weighted by Gasteiger charge is 2.47.